The fourth-order valence-electron chi connectivity index (χ4n) is 5.30. The van der Waals surface area contributed by atoms with Gasteiger partial charge in [0.25, 0.3) is 0 Å². The Morgan fingerprint density at radius 2 is 1.78 bits per heavy atom. The van der Waals surface area contributed by atoms with E-state index >= 15 is 0 Å². The molecule has 8 nitrogen and oxygen atoms in total. The van der Waals surface area contributed by atoms with E-state index < -0.39 is 11.7 Å². The number of methoxy groups -OCH3 is 1. The number of rotatable bonds is 8. The molecule has 1 unspecified atom stereocenters. The van der Waals surface area contributed by atoms with Crippen LogP contribution < -0.4 is 10.1 Å². The van der Waals surface area contributed by atoms with Gasteiger partial charge in [-0.3, -0.25) is 9.78 Å². The highest BCUT2D eigenvalue weighted by atomic mass is 16.6. The molecule has 2 aliphatic rings. The predicted octanol–water partition coefficient (Wildman–Crippen LogP) is 4.56. The summed E-state index contributed by atoms with van der Waals surface area (Å²) in [6.07, 6.45) is 4.70. The maximum absolute atomic E-state index is 13.4. The van der Waals surface area contributed by atoms with Crippen LogP contribution in [0.3, 0.4) is 0 Å². The molecule has 1 spiro atoms. The number of pyridine rings is 1. The van der Waals surface area contributed by atoms with Crippen molar-refractivity contribution in [1.82, 2.24) is 20.1 Å². The summed E-state index contributed by atoms with van der Waals surface area (Å²) in [5.41, 5.74) is 1.15. The van der Waals surface area contributed by atoms with E-state index in [-0.39, 0.29) is 11.5 Å². The normalized spacial score (nSPS) is 18.6. The first kappa shape index (κ1) is 26.9. The first-order valence-corrected chi connectivity index (χ1v) is 13.2. The van der Waals surface area contributed by atoms with Crippen LogP contribution in [0, 0.1) is 5.41 Å². The number of benzene rings is 1. The Morgan fingerprint density at radius 3 is 2.41 bits per heavy atom. The minimum atomic E-state index is -0.561. The molecule has 8 heteroatoms. The summed E-state index contributed by atoms with van der Waals surface area (Å²) < 4.78 is 10.7. The lowest BCUT2D eigenvalue weighted by Gasteiger charge is -2.38. The molecule has 2 aliphatic heterocycles. The van der Waals surface area contributed by atoms with Gasteiger partial charge >= 0.3 is 6.09 Å². The molecule has 0 bridgehead atoms. The third-order valence-electron chi connectivity index (χ3n) is 7.42. The van der Waals surface area contributed by atoms with Crippen molar-refractivity contribution < 1.29 is 19.1 Å². The Kier molecular flexibility index (Phi) is 8.37. The zero-order chi connectivity index (χ0) is 26.5. The van der Waals surface area contributed by atoms with Crippen molar-refractivity contribution in [1.29, 1.82) is 0 Å². The van der Waals surface area contributed by atoms with Crippen LogP contribution in [-0.4, -0.2) is 65.7 Å². The van der Waals surface area contributed by atoms with Crippen LogP contribution in [0.5, 0.6) is 5.75 Å². The highest BCUT2D eigenvalue weighted by Crippen LogP contribution is 2.42. The molecule has 2 fully saturated rings. The quantitative estimate of drug-likeness (QED) is 0.563. The number of hydrogen-bond donors (Lipinski definition) is 1. The molecule has 4 rings (SSSR count). The molecule has 1 N–H and O–H groups in total. The second-order valence-corrected chi connectivity index (χ2v) is 11.2. The number of likely N-dealkylation sites (tertiary alicyclic amines) is 2. The Labute approximate surface area is 220 Å². The van der Waals surface area contributed by atoms with E-state index in [9.17, 15) is 9.59 Å². The summed E-state index contributed by atoms with van der Waals surface area (Å²) in [5.74, 6) is 1.12. The minimum Gasteiger partial charge on any atom is -0.497 e. The lowest BCUT2D eigenvalue weighted by atomic mass is 9.77. The predicted molar refractivity (Wildman–Crippen MR) is 142 cm³/mol. The van der Waals surface area contributed by atoms with Crippen LogP contribution in [0.4, 0.5) is 4.79 Å². The van der Waals surface area contributed by atoms with Gasteiger partial charge in [0.1, 0.15) is 11.4 Å². The third-order valence-corrected chi connectivity index (χ3v) is 7.42. The van der Waals surface area contributed by atoms with Crippen molar-refractivity contribution in [3.05, 3.63) is 59.9 Å². The molecule has 0 aliphatic carbocycles. The number of amides is 2. The molecule has 200 valence electrons. The smallest absolute Gasteiger partial charge is 0.408 e. The molecule has 1 aromatic heterocycles. The second kappa shape index (κ2) is 11.5. The number of ether oxygens (including phenoxy) is 2. The Morgan fingerprint density at radius 1 is 1.08 bits per heavy atom. The molecular formula is C29H40N4O4. The first-order chi connectivity index (χ1) is 17.7. The van der Waals surface area contributed by atoms with Crippen LogP contribution in [0.1, 0.15) is 63.8 Å². The summed E-state index contributed by atoms with van der Waals surface area (Å²) in [5, 5.41) is 3.00. The zero-order valence-corrected chi connectivity index (χ0v) is 22.5. The lowest BCUT2D eigenvalue weighted by molar-refractivity contribution is -0.138. The molecule has 2 saturated heterocycles. The number of carbonyl (C=O) groups excluding carboxylic acids is 2. The lowest BCUT2D eigenvalue weighted by Crippen LogP contribution is -2.45. The number of carbonyl (C=O) groups is 2. The van der Waals surface area contributed by atoms with Gasteiger partial charge in [-0.1, -0.05) is 18.2 Å². The molecule has 1 atom stereocenters. The number of nitrogens with one attached hydrogen (secondary N) is 1. The highest BCUT2D eigenvalue weighted by molar-refractivity contribution is 5.85. The van der Waals surface area contributed by atoms with Gasteiger partial charge in [-0.05, 0) is 89.4 Å². The van der Waals surface area contributed by atoms with Gasteiger partial charge in [0.05, 0.1) is 24.3 Å². The van der Waals surface area contributed by atoms with E-state index in [4.69, 9.17) is 9.47 Å². The number of aromatic nitrogens is 1. The molecule has 3 heterocycles. The largest absolute Gasteiger partial charge is 0.497 e. The van der Waals surface area contributed by atoms with Crippen LogP contribution in [-0.2, 0) is 16.1 Å². The zero-order valence-electron chi connectivity index (χ0n) is 22.5. The van der Waals surface area contributed by atoms with E-state index in [0.717, 1.165) is 68.9 Å². The summed E-state index contributed by atoms with van der Waals surface area (Å²) in [4.78, 5) is 34.8. The number of piperidine rings is 1. The minimum absolute atomic E-state index is 0.236. The van der Waals surface area contributed by atoms with Gasteiger partial charge < -0.3 is 24.6 Å². The monoisotopic (exact) mass is 508 g/mol. The number of hydrogen-bond acceptors (Lipinski definition) is 6. The fraction of sp³-hybridized carbons (Fsp3) is 0.552. The van der Waals surface area contributed by atoms with Crippen LogP contribution in [0.2, 0.25) is 0 Å². The fourth-order valence-corrected chi connectivity index (χ4v) is 5.30. The van der Waals surface area contributed by atoms with Gasteiger partial charge in [0.2, 0.25) is 5.91 Å². The molecule has 0 radical (unpaired) electrons. The summed E-state index contributed by atoms with van der Waals surface area (Å²) in [6.45, 7) is 9.60. The molecule has 1 aromatic carbocycles. The summed E-state index contributed by atoms with van der Waals surface area (Å²) in [7, 11) is 1.66. The number of alkyl carbamates (subject to hydrolysis) is 1. The average Bonchev–Trinajstić information content (AvgIpc) is 3.17. The molecule has 0 saturated carbocycles. The van der Waals surface area contributed by atoms with Crippen LogP contribution in [0.15, 0.2) is 48.7 Å². The van der Waals surface area contributed by atoms with Crippen LogP contribution in [0.25, 0.3) is 0 Å². The summed E-state index contributed by atoms with van der Waals surface area (Å²) >= 11 is 0. The maximum Gasteiger partial charge on any atom is 0.408 e. The molecule has 37 heavy (non-hydrogen) atoms. The van der Waals surface area contributed by atoms with E-state index in [2.05, 4.69) is 15.2 Å². The van der Waals surface area contributed by atoms with Gasteiger partial charge in [0.15, 0.2) is 0 Å². The molecule has 2 amide bonds. The molecular weight excluding hydrogens is 468 g/mol. The van der Waals surface area contributed by atoms with Crippen LogP contribution >= 0.6 is 0 Å². The van der Waals surface area contributed by atoms with Crippen molar-refractivity contribution in [2.24, 2.45) is 5.41 Å². The first-order valence-electron chi connectivity index (χ1n) is 13.2. The highest BCUT2D eigenvalue weighted by Gasteiger charge is 2.47. The topological polar surface area (TPSA) is 84.0 Å². The summed E-state index contributed by atoms with van der Waals surface area (Å²) in [6, 6.07) is 13.4. The standard InChI is InChI=1S/C29H40N4O4/c1-28(2,3)37-27(35)31-25(24-7-5-6-16-30-24)12-17-32-18-13-29(14-19-32)15-20-33(26(29)34)21-22-8-10-23(36-4)11-9-22/h5-11,16,25H,12-15,17-21H2,1-4H3,(H,31,35). The van der Waals surface area contributed by atoms with Crippen molar-refractivity contribution in [3.8, 4) is 5.75 Å². The van der Waals surface area contributed by atoms with Gasteiger partial charge in [-0.25, -0.2) is 4.79 Å². The van der Waals surface area contributed by atoms with E-state index in [1.807, 2.05) is 68.1 Å². The third kappa shape index (κ3) is 7.01. The Bertz CT molecular complexity index is 1040. The van der Waals surface area contributed by atoms with Crippen molar-refractivity contribution in [3.63, 3.8) is 0 Å². The van der Waals surface area contributed by atoms with Gasteiger partial charge in [-0.15, -0.1) is 0 Å². The number of nitrogens with zero attached hydrogens (tertiary/aromatic N) is 3. The van der Waals surface area contributed by atoms with Crippen molar-refractivity contribution in [2.45, 2.75) is 64.6 Å². The molecule has 2 aromatic rings. The van der Waals surface area contributed by atoms with E-state index in [0.29, 0.717) is 12.5 Å². The van der Waals surface area contributed by atoms with E-state index in [1.54, 1.807) is 13.3 Å². The van der Waals surface area contributed by atoms with E-state index in [1.165, 1.54) is 0 Å². The Balaban J connectivity index is 1.30. The Hall–Kier alpha value is -3.13. The van der Waals surface area contributed by atoms with Crippen molar-refractivity contribution in [2.75, 3.05) is 33.3 Å². The van der Waals surface area contributed by atoms with Gasteiger partial charge in [-0.2, -0.15) is 0 Å². The van der Waals surface area contributed by atoms with Crippen molar-refractivity contribution >= 4 is 12.0 Å². The second-order valence-electron chi connectivity index (χ2n) is 11.2. The average molecular weight is 509 g/mol. The SMILES string of the molecule is COc1ccc(CN2CCC3(CCN(CCC(NC(=O)OC(C)(C)C)c4ccccn4)CC3)C2=O)cc1. The van der Waals surface area contributed by atoms with Gasteiger partial charge in [0, 0.05) is 25.8 Å². The maximum atomic E-state index is 13.4.